The van der Waals surface area contributed by atoms with Gasteiger partial charge in [0.25, 0.3) is 0 Å². The summed E-state index contributed by atoms with van der Waals surface area (Å²) in [6.07, 6.45) is 2.21. The zero-order valence-corrected chi connectivity index (χ0v) is 18.5. The van der Waals surface area contributed by atoms with Crippen LogP contribution < -0.4 is 10.2 Å². The Labute approximate surface area is 187 Å². The van der Waals surface area contributed by atoms with Gasteiger partial charge in [0.05, 0.1) is 4.90 Å². The van der Waals surface area contributed by atoms with Crippen molar-refractivity contribution in [3.8, 4) is 0 Å². The van der Waals surface area contributed by atoms with Gasteiger partial charge in [-0.1, -0.05) is 12.1 Å². The molecule has 0 atom stereocenters. The Bertz CT molecular complexity index is 1080. The molecule has 2 heterocycles. The Balaban J connectivity index is 1.32. The molecule has 0 spiro atoms. The topological polar surface area (TPSA) is 86.8 Å². The van der Waals surface area contributed by atoms with Gasteiger partial charge in [-0.2, -0.15) is 4.31 Å². The van der Waals surface area contributed by atoms with Gasteiger partial charge < -0.3 is 10.2 Å². The number of nitrogens with one attached hydrogen (secondary N) is 1. The van der Waals surface area contributed by atoms with Gasteiger partial charge in [0, 0.05) is 44.2 Å². The number of halogens is 1. The predicted octanol–water partition coefficient (Wildman–Crippen LogP) is 2.67. The number of nitrogens with zero attached hydrogens (tertiary/aromatic N) is 2. The highest BCUT2D eigenvalue weighted by Gasteiger charge is 2.32. The van der Waals surface area contributed by atoms with Crippen LogP contribution in [0.25, 0.3) is 0 Å². The molecular weight excluding hydrogens is 433 g/mol. The molecule has 0 aliphatic carbocycles. The number of amides is 2. The van der Waals surface area contributed by atoms with Crippen molar-refractivity contribution >= 4 is 27.5 Å². The fraction of sp³-hybridized carbons (Fsp3) is 0.391. The smallest absolute Gasteiger partial charge is 0.243 e. The first-order valence-electron chi connectivity index (χ1n) is 10.8. The normalized spacial score (nSPS) is 18.2. The van der Waals surface area contributed by atoms with Crippen molar-refractivity contribution in [1.82, 2.24) is 9.62 Å². The molecule has 170 valence electrons. The number of hydrogen-bond acceptors (Lipinski definition) is 4. The molecule has 7 nitrogen and oxygen atoms in total. The van der Waals surface area contributed by atoms with Gasteiger partial charge in [0.15, 0.2) is 0 Å². The van der Waals surface area contributed by atoms with Crippen molar-refractivity contribution in [3.63, 3.8) is 0 Å². The van der Waals surface area contributed by atoms with Crippen molar-refractivity contribution in [2.75, 3.05) is 24.5 Å². The molecule has 1 N–H and O–H groups in total. The minimum atomic E-state index is -3.66. The molecule has 2 fully saturated rings. The lowest BCUT2D eigenvalue weighted by Gasteiger charge is -2.30. The lowest BCUT2D eigenvalue weighted by molar-refractivity contribution is -0.126. The molecule has 4 rings (SSSR count). The summed E-state index contributed by atoms with van der Waals surface area (Å²) in [4.78, 5) is 26.2. The highest BCUT2D eigenvalue weighted by molar-refractivity contribution is 7.89. The summed E-state index contributed by atoms with van der Waals surface area (Å²) in [6, 6.07) is 12.4. The fourth-order valence-electron chi connectivity index (χ4n) is 4.16. The minimum absolute atomic E-state index is 0.0559. The fourth-order valence-corrected chi connectivity index (χ4v) is 5.63. The zero-order valence-electron chi connectivity index (χ0n) is 17.7. The van der Waals surface area contributed by atoms with E-state index in [0.29, 0.717) is 38.0 Å². The summed E-state index contributed by atoms with van der Waals surface area (Å²) >= 11 is 0. The largest absolute Gasteiger partial charge is 0.352 e. The molecule has 0 bridgehead atoms. The van der Waals surface area contributed by atoms with E-state index in [1.165, 1.54) is 28.6 Å². The van der Waals surface area contributed by atoms with E-state index in [0.717, 1.165) is 12.0 Å². The maximum atomic E-state index is 13.0. The first-order chi connectivity index (χ1) is 15.3. The summed E-state index contributed by atoms with van der Waals surface area (Å²) in [5.74, 6) is -0.648. The van der Waals surface area contributed by atoms with Gasteiger partial charge in [-0.25, -0.2) is 12.8 Å². The van der Waals surface area contributed by atoms with Crippen molar-refractivity contribution < 1.29 is 22.4 Å². The van der Waals surface area contributed by atoms with Gasteiger partial charge in [-0.05, 0) is 61.2 Å². The number of rotatable bonds is 6. The lowest BCUT2D eigenvalue weighted by atomic mass is 9.97. The minimum Gasteiger partial charge on any atom is -0.352 e. The third-order valence-corrected chi connectivity index (χ3v) is 7.98. The number of hydrogen-bond donors (Lipinski definition) is 1. The van der Waals surface area contributed by atoms with Crippen molar-refractivity contribution in [1.29, 1.82) is 0 Å². The molecular formula is C23H26FN3O4S. The van der Waals surface area contributed by atoms with Gasteiger partial charge in [-0.15, -0.1) is 0 Å². The molecule has 2 saturated heterocycles. The van der Waals surface area contributed by atoms with E-state index in [1.54, 1.807) is 29.2 Å². The van der Waals surface area contributed by atoms with E-state index in [4.69, 9.17) is 0 Å². The van der Waals surface area contributed by atoms with Crippen molar-refractivity contribution in [3.05, 3.63) is 59.9 Å². The van der Waals surface area contributed by atoms with Crippen LogP contribution in [-0.2, 0) is 26.2 Å². The molecule has 2 amide bonds. The number of carbonyl (C=O) groups excluding carboxylic acids is 2. The third-order valence-electron chi connectivity index (χ3n) is 6.06. The average molecular weight is 460 g/mol. The number of benzene rings is 2. The average Bonchev–Trinajstić information content (AvgIpc) is 3.24. The zero-order chi connectivity index (χ0) is 22.7. The van der Waals surface area contributed by atoms with Crippen LogP contribution in [0.1, 0.15) is 31.2 Å². The molecule has 2 aromatic carbocycles. The van der Waals surface area contributed by atoms with Crippen LogP contribution in [0.2, 0.25) is 0 Å². The van der Waals surface area contributed by atoms with Crippen LogP contribution in [0.5, 0.6) is 0 Å². The molecule has 0 aromatic heterocycles. The number of sulfonamides is 1. The van der Waals surface area contributed by atoms with Gasteiger partial charge in [0.2, 0.25) is 21.8 Å². The molecule has 9 heteroatoms. The van der Waals surface area contributed by atoms with E-state index in [2.05, 4.69) is 5.32 Å². The Morgan fingerprint density at radius 1 is 1.00 bits per heavy atom. The summed E-state index contributed by atoms with van der Waals surface area (Å²) in [5.41, 5.74) is 1.52. The SMILES string of the molecule is O=C(NCc1ccc(F)cc1)C1CCN(S(=O)(=O)c2ccc(N3CCCC3=O)cc2)CC1. The maximum absolute atomic E-state index is 13.0. The van der Waals surface area contributed by atoms with Crippen molar-refractivity contribution in [2.24, 2.45) is 5.92 Å². The van der Waals surface area contributed by atoms with Crippen LogP contribution in [-0.4, -0.2) is 44.2 Å². The van der Waals surface area contributed by atoms with Crippen LogP contribution in [0.3, 0.4) is 0 Å². The Hall–Kier alpha value is -2.78. The number of anilines is 1. The predicted molar refractivity (Wildman–Crippen MR) is 118 cm³/mol. The Kier molecular flexibility index (Phi) is 6.57. The second kappa shape index (κ2) is 9.38. The second-order valence-electron chi connectivity index (χ2n) is 8.17. The standard InChI is InChI=1S/C23H26FN3O4S/c24-19-5-3-17(4-6-19)16-25-23(29)18-11-14-26(15-12-18)32(30,31)21-9-7-20(8-10-21)27-13-1-2-22(27)28/h3-10,18H,1-2,11-16H2,(H,25,29). The van der Waals surface area contributed by atoms with Gasteiger partial charge in [-0.3, -0.25) is 9.59 Å². The highest BCUT2D eigenvalue weighted by atomic mass is 32.2. The number of carbonyl (C=O) groups is 2. The van der Waals surface area contributed by atoms with Crippen LogP contribution in [0, 0.1) is 11.7 Å². The van der Waals surface area contributed by atoms with Crippen LogP contribution in [0.4, 0.5) is 10.1 Å². The van der Waals surface area contributed by atoms with Gasteiger partial charge >= 0.3 is 0 Å². The molecule has 2 aliphatic heterocycles. The van der Waals surface area contributed by atoms with Gasteiger partial charge in [0.1, 0.15) is 5.82 Å². The van der Waals surface area contributed by atoms with Crippen LogP contribution in [0.15, 0.2) is 53.4 Å². The summed E-state index contributed by atoms with van der Waals surface area (Å²) < 4.78 is 40.4. The van der Waals surface area contributed by atoms with E-state index in [-0.39, 0.29) is 41.5 Å². The molecule has 0 radical (unpaired) electrons. The first-order valence-corrected chi connectivity index (χ1v) is 12.2. The first kappa shape index (κ1) is 22.4. The van der Waals surface area contributed by atoms with E-state index < -0.39 is 10.0 Å². The molecule has 0 saturated carbocycles. The Morgan fingerprint density at radius 2 is 1.66 bits per heavy atom. The summed E-state index contributed by atoms with van der Waals surface area (Å²) in [6.45, 7) is 1.50. The molecule has 32 heavy (non-hydrogen) atoms. The third kappa shape index (κ3) is 4.83. The molecule has 0 unspecified atom stereocenters. The number of piperidine rings is 1. The highest BCUT2D eigenvalue weighted by Crippen LogP contribution is 2.27. The quantitative estimate of drug-likeness (QED) is 0.720. The van der Waals surface area contributed by atoms with E-state index in [1.807, 2.05) is 0 Å². The van der Waals surface area contributed by atoms with Crippen LogP contribution >= 0.6 is 0 Å². The van der Waals surface area contributed by atoms with Crippen molar-refractivity contribution in [2.45, 2.75) is 37.1 Å². The monoisotopic (exact) mass is 459 g/mol. The lowest BCUT2D eigenvalue weighted by Crippen LogP contribution is -2.42. The summed E-state index contributed by atoms with van der Waals surface area (Å²) in [7, 11) is -3.66. The molecule has 2 aliphatic rings. The Morgan fingerprint density at radius 3 is 2.25 bits per heavy atom. The molecule has 2 aromatic rings. The summed E-state index contributed by atoms with van der Waals surface area (Å²) in [5, 5.41) is 2.85. The van der Waals surface area contributed by atoms with E-state index >= 15 is 0 Å². The van der Waals surface area contributed by atoms with E-state index in [9.17, 15) is 22.4 Å². The second-order valence-corrected chi connectivity index (χ2v) is 10.1. The maximum Gasteiger partial charge on any atom is 0.243 e.